The highest BCUT2D eigenvalue weighted by Gasteiger charge is 2.41. The molecule has 0 N–H and O–H groups in total. The molecule has 2 nitrogen and oxygen atoms in total. The van der Waals surface area contributed by atoms with Crippen LogP contribution in [-0.2, 0) is 0 Å². The smallest absolute Gasteiger partial charge is 0.104 e. The van der Waals surface area contributed by atoms with Crippen molar-refractivity contribution in [2.75, 3.05) is 26.2 Å². The van der Waals surface area contributed by atoms with Crippen LogP contribution in [0.2, 0.25) is 0 Å². The Morgan fingerprint density at radius 1 is 0.525 bits per heavy atom. The Balaban J connectivity index is 1.53. The highest BCUT2D eigenvalue weighted by molar-refractivity contribution is 7.60. The first kappa shape index (κ1) is 32.7. The molecule has 1 atom stereocenters. The minimum absolute atomic E-state index is 0.134. The van der Waals surface area contributed by atoms with Gasteiger partial charge >= 0.3 is 0 Å². The second-order valence-corrected chi connectivity index (χ2v) is 17.1. The van der Waals surface area contributed by atoms with Crippen molar-refractivity contribution >= 4 is 7.92 Å². The largest absolute Gasteiger partial charge is 0.357 e. The summed E-state index contributed by atoms with van der Waals surface area (Å²) in [5.74, 6) is 1.81. The molecule has 1 aliphatic heterocycles. The first-order valence-corrected chi connectivity index (χ1v) is 20.4. The molecule has 4 fully saturated rings. The van der Waals surface area contributed by atoms with Crippen molar-refractivity contribution in [1.82, 2.24) is 9.80 Å². The van der Waals surface area contributed by atoms with Crippen molar-refractivity contribution < 1.29 is 0 Å². The van der Waals surface area contributed by atoms with Crippen LogP contribution in [0.25, 0.3) is 0 Å². The van der Waals surface area contributed by atoms with Gasteiger partial charge in [-0.15, -0.1) is 0 Å². The summed E-state index contributed by atoms with van der Waals surface area (Å²) in [6, 6.07) is 0. The van der Waals surface area contributed by atoms with Crippen LogP contribution >= 0.6 is 7.92 Å². The summed E-state index contributed by atoms with van der Waals surface area (Å²) in [6.45, 7) is 9.96. The minimum atomic E-state index is 0.134. The molecule has 0 amide bonds. The summed E-state index contributed by atoms with van der Waals surface area (Å²) in [5.41, 5.74) is 5.14. The van der Waals surface area contributed by atoms with Crippen LogP contribution in [0, 0.1) is 0 Å². The number of nitrogens with zero attached hydrogens (tertiary/aromatic N) is 2. The van der Waals surface area contributed by atoms with Crippen molar-refractivity contribution in [3.05, 3.63) is 11.4 Å². The third-order valence-corrected chi connectivity index (χ3v) is 15.0. The lowest BCUT2D eigenvalue weighted by Gasteiger charge is -2.46. The van der Waals surface area contributed by atoms with Gasteiger partial charge in [-0.3, -0.25) is 0 Å². The zero-order valence-electron chi connectivity index (χ0n) is 27.3. The van der Waals surface area contributed by atoms with Crippen molar-refractivity contribution in [2.45, 2.75) is 198 Å². The van der Waals surface area contributed by atoms with E-state index in [0.29, 0.717) is 0 Å². The van der Waals surface area contributed by atoms with Gasteiger partial charge in [-0.1, -0.05) is 131 Å². The lowest BCUT2D eigenvalue weighted by atomic mass is 9.93. The third-order valence-electron chi connectivity index (χ3n) is 11.0. The van der Waals surface area contributed by atoms with E-state index in [0.717, 1.165) is 17.0 Å². The van der Waals surface area contributed by atoms with Crippen LogP contribution in [0.3, 0.4) is 0 Å². The molecule has 3 saturated carbocycles. The molecular formula is C37H69N2P. The highest BCUT2D eigenvalue weighted by Crippen LogP contribution is 2.63. The zero-order chi connectivity index (χ0) is 27.8. The third kappa shape index (κ3) is 9.91. The molecule has 3 heteroatoms. The predicted octanol–water partition coefficient (Wildman–Crippen LogP) is 11.6. The van der Waals surface area contributed by atoms with E-state index in [2.05, 4.69) is 23.6 Å². The predicted molar refractivity (Wildman–Crippen MR) is 180 cm³/mol. The molecule has 0 aromatic carbocycles. The van der Waals surface area contributed by atoms with E-state index < -0.39 is 0 Å². The van der Waals surface area contributed by atoms with Crippen LogP contribution in [0.1, 0.15) is 181 Å². The van der Waals surface area contributed by atoms with Crippen molar-refractivity contribution in [2.24, 2.45) is 0 Å². The topological polar surface area (TPSA) is 6.48 Å². The Kier molecular flexibility index (Phi) is 15.6. The molecular weight excluding hydrogens is 503 g/mol. The average Bonchev–Trinajstić information content (AvgIpc) is 3.40. The van der Waals surface area contributed by atoms with Crippen molar-refractivity contribution in [3.63, 3.8) is 0 Å². The summed E-state index contributed by atoms with van der Waals surface area (Å²) in [4.78, 5) is 5.89. The van der Waals surface area contributed by atoms with Gasteiger partial charge in [-0.25, -0.2) is 0 Å². The lowest BCUT2D eigenvalue weighted by molar-refractivity contribution is 0.310. The molecule has 4 aliphatic rings. The van der Waals surface area contributed by atoms with Gasteiger partial charge in [-0.2, -0.15) is 0 Å². The Hall–Kier alpha value is -0.230. The SMILES string of the molecule is CCCCCCCCN1CCN(CCCCCCCC)C1=C1CCCCC1P(C1CCCCC1)C1CCCCC1. The standard InChI is InChI=1S/C37H69N2P/c1-3-5-7-9-11-21-29-38-31-32-39(30-22-12-10-8-6-4-2)37(38)35-27-19-20-28-36(35)40(33-23-15-13-16-24-33)34-25-17-14-18-26-34/h33-34,36H,3-32H2,1-2H3. The monoisotopic (exact) mass is 573 g/mol. The van der Waals surface area contributed by atoms with Gasteiger partial charge in [-0.05, 0) is 74.7 Å². The first-order valence-electron chi connectivity index (χ1n) is 18.8. The Bertz CT molecular complexity index is 648. The summed E-state index contributed by atoms with van der Waals surface area (Å²) in [6.07, 6.45) is 38.5. The highest BCUT2D eigenvalue weighted by atomic mass is 31.1. The van der Waals surface area contributed by atoms with Crippen LogP contribution in [-0.4, -0.2) is 53.0 Å². The summed E-state index contributed by atoms with van der Waals surface area (Å²) >= 11 is 0. The maximum Gasteiger partial charge on any atom is 0.104 e. The quantitative estimate of drug-likeness (QED) is 0.126. The number of hydrogen-bond donors (Lipinski definition) is 0. The average molecular weight is 573 g/mol. The van der Waals surface area contributed by atoms with Gasteiger partial charge in [0.15, 0.2) is 0 Å². The lowest BCUT2D eigenvalue weighted by Crippen LogP contribution is -2.34. The van der Waals surface area contributed by atoms with Crippen LogP contribution in [0.5, 0.6) is 0 Å². The summed E-state index contributed by atoms with van der Waals surface area (Å²) in [5, 5.41) is 0. The number of allylic oxidation sites excluding steroid dienone is 1. The van der Waals surface area contributed by atoms with Crippen molar-refractivity contribution in [3.8, 4) is 0 Å². The number of hydrogen-bond acceptors (Lipinski definition) is 2. The molecule has 3 aliphatic carbocycles. The summed E-state index contributed by atoms with van der Waals surface area (Å²) < 4.78 is 0. The normalized spacial score (nSPS) is 23.6. The van der Waals surface area contributed by atoms with E-state index in [1.165, 1.54) is 167 Å². The van der Waals surface area contributed by atoms with Crippen LogP contribution in [0.4, 0.5) is 0 Å². The molecule has 1 heterocycles. The Morgan fingerprint density at radius 2 is 0.975 bits per heavy atom. The van der Waals surface area contributed by atoms with Gasteiger partial charge in [0.25, 0.3) is 0 Å². The molecule has 0 spiro atoms. The fourth-order valence-electron chi connectivity index (χ4n) is 8.81. The molecule has 40 heavy (non-hydrogen) atoms. The van der Waals surface area contributed by atoms with E-state index in [1.54, 1.807) is 25.7 Å². The van der Waals surface area contributed by atoms with Gasteiger partial charge in [0, 0.05) is 31.8 Å². The number of rotatable bonds is 17. The summed E-state index contributed by atoms with van der Waals surface area (Å²) in [7, 11) is 0.134. The Labute approximate surface area is 252 Å². The molecule has 0 aromatic heterocycles. The maximum atomic E-state index is 2.94. The molecule has 4 rings (SSSR count). The minimum Gasteiger partial charge on any atom is -0.357 e. The maximum absolute atomic E-state index is 2.94. The second-order valence-electron chi connectivity index (χ2n) is 14.2. The zero-order valence-corrected chi connectivity index (χ0v) is 28.2. The van der Waals surface area contributed by atoms with E-state index in [-0.39, 0.29) is 7.92 Å². The first-order chi connectivity index (χ1) is 19.8. The molecule has 0 bridgehead atoms. The van der Waals surface area contributed by atoms with Crippen molar-refractivity contribution in [1.29, 1.82) is 0 Å². The van der Waals surface area contributed by atoms with E-state index in [4.69, 9.17) is 0 Å². The molecule has 0 radical (unpaired) electrons. The molecule has 232 valence electrons. The van der Waals surface area contributed by atoms with Gasteiger partial charge in [0.2, 0.25) is 0 Å². The van der Waals surface area contributed by atoms with Gasteiger partial charge < -0.3 is 9.80 Å². The fraction of sp³-hybridized carbons (Fsp3) is 0.946. The molecule has 1 unspecified atom stereocenters. The Morgan fingerprint density at radius 3 is 1.48 bits per heavy atom. The molecule has 0 aromatic rings. The van der Waals surface area contributed by atoms with Crippen LogP contribution < -0.4 is 0 Å². The van der Waals surface area contributed by atoms with Crippen LogP contribution in [0.15, 0.2) is 11.4 Å². The second kappa shape index (κ2) is 19.1. The van der Waals surface area contributed by atoms with Gasteiger partial charge in [0.1, 0.15) is 5.82 Å². The van der Waals surface area contributed by atoms with E-state index in [1.807, 2.05) is 11.4 Å². The van der Waals surface area contributed by atoms with E-state index >= 15 is 0 Å². The van der Waals surface area contributed by atoms with Gasteiger partial charge in [0.05, 0.1) is 0 Å². The molecule has 1 saturated heterocycles. The number of unbranched alkanes of at least 4 members (excludes halogenated alkanes) is 10. The fourth-order valence-corrected chi connectivity index (χ4v) is 13.4. The van der Waals surface area contributed by atoms with E-state index in [9.17, 15) is 0 Å².